The summed E-state index contributed by atoms with van der Waals surface area (Å²) in [7, 11) is -3.49. The summed E-state index contributed by atoms with van der Waals surface area (Å²) >= 11 is 6.80. The van der Waals surface area contributed by atoms with E-state index in [9.17, 15) is 8.42 Å². The summed E-state index contributed by atoms with van der Waals surface area (Å²) < 4.78 is 27.3. The van der Waals surface area contributed by atoms with E-state index < -0.39 is 10.0 Å². The van der Waals surface area contributed by atoms with Crippen molar-refractivity contribution in [2.75, 3.05) is 26.2 Å². The Morgan fingerprint density at radius 1 is 1.29 bits per heavy atom. The van der Waals surface area contributed by atoms with Crippen molar-refractivity contribution in [1.82, 2.24) is 15.4 Å². The lowest BCUT2D eigenvalue weighted by Crippen LogP contribution is -2.41. The van der Waals surface area contributed by atoms with Gasteiger partial charge in [-0.05, 0) is 31.4 Å². The van der Waals surface area contributed by atoms with E-state index in [0.717, 1.165) is 30.8 Å². The van der Waals surface area contributed by atoms with Crippen molar-refractivity contribution >= 4 is 62.9 Å². The molecule has 0 radical (unpaired) electrons. The van der Waals surface area contributed by atoms with Crippen LogP contribution in [-0.2, 0) is 10.0 Å². The Balaban J connectivity index is 0.00000529. The molecule has 0 saturated heterocycles. The fourth-order valence-electron chi connectivity index (χ4n) is 1.66. The van der Waals surface area contributed by atoms with E-state index in [0.29, 0.717) is 22.8 Å². The second kappa shape index (κ2) is 12.3. The molecular formula is C14H26ClIN4O2S2. The first-order valence-electron chi connectivity index (χ1n) is 7.62. The van der Waals surface area contributed by atoms with Crippen LogP contribution in [0.4, 0.5) is 0 Å². The van der Waals surface area contributed by atoms with E-state index in [1.807, 2.05) is 6.92 Å². The third-order valence-electron chi connectivity index (χ3n) is 2.84. The van der Waals surface area contributed by atoms with Crippen LogP contribution in [0.15, 0.2) is 21.3 Å². The van der Waals surface area contributed by atoms with Gasteiger partial charge in [-0.3, -0.25) is 4.99 Å². The Morgan fingerprint density at radius 2 is 2.00 bits per heavy atom. The molecule has 3 N–H and O–H groups in total. The number of halogens is 2. The molecule has 1 aromatic heterocycles. The highest BCUT2D eigenvalue weighted by Crippen LogP contribution is 2.25. The molecular weight excluding hydrogens is 483 g/mol. The molecule has 10 heteroatoms. The van der Waals surface area contributed by atoms with Crippen LogP contribution in [0.3, 0.4) is 0 Å². The second-order valence-corrected chi connectivity index (χ2v) is 9.04. The summed E-state index contributed by atoms with van der Waals surface area (Å²) in [5.41, 5.74) is 0. The molecule has 0 atom stereocenters. The summed E-state index contributed by atoms with van der Waals surface area (Å²) in [4.78, 5) is 4.45. The zero-order valence-corrected chi connectivity index (χ0v) is 18.9. The monoisotopic (exact) mass is 508 g/mol. The maximum atomic E-state index is 12.0. The normalized spacial score (nSPS) is 12.1. The van der Waals surface area contributed by atoms with Gasteiger partial charge in [0.15, 0.2) is 5.96 Å². The largest absolute Gasteiger partial charge is 0.357 e. The number of guanidine groups is 1. The average molecular weight is 509 g/mol. The number of thiophene rings is 1. The molecule has 6 nitrogen and oxygen atoms in total. The molecule has 0 spiro atoms. The quantitative estimate of drug-likeness (QED) is 0.207. The number of rotatable bonds is 9. The van der Waals surface area contributed by atoms with Crippen molar-refractivity contribution < 1.29 is 8.42 Å². The second-order valence-electron chi connectivity index (χ2n) is 5.33. The van der Waals surface area contributed by atoms with Gasteiger partial charge in [0.05, 0.1) is 4.34 Å². The first-order chi connectivity index (χ1) is 10.8. The first kappa shape index (κ1) is 23.9. The SMILES string of the molecule is CCNC(=NCCC(C)C)NCCNS(=O)(=O)c1ccc(Cl)s1.I. The van der Waals surface area contributed by atoms with Crippen molar-refractivity contribution in [2.45, 2.75) is 31.4 Å². The fraction of sp³-hybridized carbons (Fsp3) is 0.643. The summed E-state index contributed by atoms with van der Waals surface area (Å²) in [5, 5.41) is 6.25. The topological polar surface area (TPSA) is 82.6 Å². The van der Waals surface area contributed by atoms with Gasteiger partial charge in [0.25, 0.3) is 0 Å². The zero-order chi connectivity index (χ0) is 17.3. The lowest BCUT2D eigenvalue weighted by atomic mass is 10.1. The van der Waals surface area contributed by atoms with Gasteiger partial charge in [-0.2, -0.15) is 0 Å². The van der Waals surface area contributed by atoms with Crippen LogP contribution >= 0.6 is 46.9 Å². The van der Waals surface area contributed by atoms with Crippen molar-refractivity contribution in [1.29, 1.82) is 0 Å². The van der Waals surface area contributed by atoms with Crippen LogP contribution < -0.4 is 15.4 Å². The molecule has 0 amide bonds. The Hall–Kier alpha value is -0.1000. The third kappa shape index (κ3) is 9.40. The van der Waals surface area contributed by atoms with Crippen LogP contribution in [0.1, 0.15) is 27.2 Å². The standard InChI is InChI=1S/C14H25ClN4O2S2.HI/c1-4-16-14(17-8-7-11(2)3)18-9-10-19-23(20,21)13-6-5-12(15)22-13;/h5-6,11,19H,4,7-10H2,1-3H3,(H2,16,17,18);1H. The van der Waals surface area contributed by atoms with Gasteiger partial charge in [0.1, 0.15) is 4.21 Å². The van der Waals surface area contributed by atoms with Crippen molar-refractivity contribution in [3.05, 3.63) is 16.5 Å². The van der Waals surface area contributed by atoms with Gasteiger partial charge < -0.3 is 10.6 Å². The molecule has 0 aliphatic rings. The van der Waals surface area contributed by atoms with E-state index in [1.54, 1.807) is 6.07 Å². The van der Waals surface area contributed by atoms with Crippen LogP contribution in [0.5, 0.6) is 0 Å². The Bertz CT molecular complexity index is 606. The Kier molecular flexibility index (Phi) is 12.2. The van der Waals surface area contributed by atoms with E-state index in [2.05, 4.69) is 34.2 Å². The number of hydrogen-bond donors (Lipinski definition) is 3. The highest BCUT2D eigenvalue weighted by Gasteiger charge is 2.15. The van der Waals surface area contributed by atoms with Crippen LogP contribution in [0, 0.1) is 5.92 Å². The molecule has 0 unspecified atom stereocenters. The maximum absolute atomic E-state index is 12.0. The molecule has 1 rings (SSSR count). The molecule has 0 aliphatic heterocycles. The minimum atomic E-state index is -3.49. The van der Waals surface area contributed by atoms with Crippen LogP contribution in [-0.4, -0.2) is 40.6 Å². The minimum Gasteiger partial charge on any atom is -0.357 e. The highest BCUT2D eigenvalue weighted by atomic mass is 127. The van der Waals surface area contributed by atoms with Crippen molar-refractivity contribution in [3.63, 3.8) is 0 Å². The van der Waals surface area contributed by atoms with Gasteiger partial charge in [-0.25, -0.2) is 13.1 Å². The van der Waals surface area contributed by atoms with Crippen LogP contribution in [0.25, 0.3) is 0 Å². The molecule has 0 saturated carbocycles. The molecule has 1 aromatic rings. The molecule has 0 aliphatic carbocycles. The van der Waals surface area contributed by atoms with Crippen molar-refractivity contribution in [3.8, 4) is 0 Å². The lowest BCUT2D eigenvalue weighted by Gasteiger charge is -2.12. The van der Waals surface area contributed by atoms with Gasteiger partial charge >= 0.3 is 0 Å². The number of aliphatic imine (C=N–C) groups is 1. The number of nitrogens with zero attached hydrogens (tertiary/aromatic N) is 1. The molecule has 0 fully saturated rings. The summed E-state index contributed by atoms with van der Waals surface area (Å²) in [5.74, 6) is 1.30. The predicted octanol–water partition coefficient (Wildman–Crippen LogP) is 2.90. The summed E-state index contributed by atoms with van der Waals surface area (Å²) in [6, 6.07) is 3.07. The number of nitrogens with one attached hydrogen (secondary N) is 3. The van der Waals surface area contributed by atoms with Crippen molar-refractivity contribution in [2.24, 2.45) is 10.9 Å². The van der Waals surface area contributed by atoms with E-state index in [1.165, 1.54) is 6.07 Å². The van der Waals surface area contributed by atoms with E-state index in [-0.39, 0.29) is 34.7 Å². The molecule has 24 heavy (non-hydrogen) atoms. The Morgan fingerprint density at radius 3 is 2.54 bits per heavy atom. The smallest absolute Gasteiger partial charge is 0.250 e. The fourth-order valence-corrected chi connectivity index (χ4v) is 4.21. The first-order valence-corrected chi connectivity index (χ1v) is 10.3. The lowest BCUT2D eigenvalue weighted by molar-refractivity contribution is 0.581. The average Bonchev–Trinajstić information content (AvgIpc) is 2.90. The molecule has 1 heterocycles. The minimum absolute atomic E-state index is 0. The zero-order valence-electron chi connectivity index (χ0n) is 14.1. The highest BCUT2D eigenvalue weighted by molar-refractivity contribution is 14.0. The molecule has 0 aromatic carbocycles. The molecule has 0 bridgehead atoms. The van der Waals surface area contributed by atoms with Crippen LogP contribution in [0.2, 0.25) is 4.34 Å². The number of sulfonamides is 1. The predicted molar refractivity (Wildman–Crippen MR) is 113 cm³/mol. The van der Waals surface area contributed by atoms with E-state index >= 15 is 0 Å². The maximum Gasteiger partial charge on any atom is 0.250 e. The van der Waals surface area contributed by atoms with Gasteiger partial charge in [0, 0.05) is 26.2 Å². The van der Waals surface area contributed by atoms with Gasteiger partial charge in [-0.15, -0.1) is 35.3 Å². The Labute approximate surface area is 170 Å². The van der Waals surface area contributed by atoms with Gasteiger partial charge in [-0.1, -0.05) is 25.4 Å². The van der Waals surface area contributed by atoms with Gasteiger partial charge in [0.2, 0.25) is 10.0 Å². The summed E-state index contributed by atoms with van der Waals surface area (Å²) in [6.45, 7) is 8.52. The summed E-state index contributed by atoms with van der Waals surface area (Å²) in [6.07, 6.45) is 1.02. The molecule has 140 valence electrons. The third-order valence-corrected chi connectivity index (χ3v) is 6.03. The number of hydrogen-bond acceptors (Lipinski definition) is 4. The van der Waals surface area contributed by atoms with E-state index in [4.69, 9.17) is 11.6 Å².